The molecule has 1 aromatic carbocycles. The van der Waals surface area contributed by atoms with E-state index in [0.717, 1.165) is 10.4 Å². The maximum absolute atomic E-state index is 11.5. The van der Waals surface area contributed by atoms with E-state index in [9.17, 15) is 8.42 Å². The van der Waals surface area contributed by atoms with Crippen LogP contribution in [0.4, 0.5) is 5.82 Å². The van der Waals surface area contributed by atoms with Crippen molar-refractivity contribution in [3.05, 3.63) is 53.8 Å². The van der Waals surface area contributed by atoms with Crippen LogP contribution in [0.3, 0.4) is 0 Å². The molecule has 0 radical (unpaired) electrons. The van der Waals surface area contributed by atoms with Gasteiger partial charge in [-0.05, 0) is 29.7 Å². The van der Waals surface area contributed by atoms with E-state index in [2.05, 4.69) is 19.7 Å². The molecular weight excluding hydrogens is 332 g/mol. The Morgan fingerprint density at radius 2 is 1.91 bits per heavy atom. The molecule has 8 heteroatoms. The first-order chi connectivity index (χ1) is 11.0. The Bertz CT molecular complexity index is 891. The van der Waals surface area contributed by atoms with Crippen molar-refractivity contribution in [3.8, 4) is 11.3 Å². The van der Waals surface area contributed by atoms with Crippen molar-refractivity contribution in [3.63, 3.8) is 0 Å². The van der Waals surface area contributed by atoms with Crippen LogP contribution in [0.25, 0.3) is 11.3 Å². The van der Waals surface area contributed by atoms with E-state index < -0.39 is 9.84 Å². The molecule has 23 heavy (non-hydrogen) atoms. The largest absolute Gasteiger partial charge is 0.364 e. The molecule has 0 fully saturated rings. The third-order valence-electron chi connectivity index (χ3n) is 3.15. The molecular formula is C15H14N4O2S2. The summed E-state index contributed by atoms with van der Waals surface area (Å²) >= 11 is 1.43. The molecule has 0 spiro atoms. The fourth-order valence-corrected chi connectivity index (χ4v) is 3.12. The van der Waals surface area contributed by atoms with Gasteiger partial charge in [-0.2, -0.15) is 0 Å². The first-order valence-electron chi connectivity index (χ1n) is 6.78. The molecule has 0 atom stereocenters. The van der Waals surface area contributed by atoms with Gasteiger partial charge in [-0.15, -0.1) is 0 Å². The van der Waals surface area contributed by atoms with Crippen LogP contribution >= 0.6 is 11.5 Å². The molecule has 0 amide bonds. The number of anilines is 1. The first-order valence-corrected chi connectivity index (χ1v) is 9.45. The highest BCUT2D eigenvalue weighted by Crippen LogP contribution is 2.20. The Labute approximate surface area is 138 Å². The number of nitrogens with one attached hydrogen (secondary N) is 1. The van der Waals surface area contributed by atoms with Crippen LogP contribution in [0.5, 0.6) is 0 Å². The summed E-state index contributed by atoms with van der Waals surface area (Å²) in [5.74, 6) is 0.656. The molecule has 0 saturated heterocycles. The highest BCUT2D eigenvalue weighted by Gasteiger charge is 2.08. The zero-order valence-electron chi connectivity index (χ0n) is 12.3. The second-order valence-corrected chi connectivity index (χ2v) is 7.85. The zero-order chi connectivity index (χ0) is 16.3. The van der Waals surface area contributed by atoms with Gasteiger partial charge in [0.05, 0.1) is 29.5 Å². The van der Waals surface area contributed by atoms with Crippen molar-refractivity contribution in [1.29, 1.82) is 0 Å². The van der Waals surface area contributed by atoms with Gasteiger partial charge >= 0.3 is 0 Å². The van der Waals surface area contributed by atoms with E-state index in [0.29, 0.717) is 18.1 Å². The molecule has 0 aliphatic rings. The second-order valence-electron chi connectivity index (χ2n) is 4.92. The molecule has 1 N–H and O–H groups in total. The van der Waals surface area contributed by atoms with Crippen molar-refractivity contribution in [2.24, 2.45) is 0 Å². The minimum absolute atomic E-state index is 0.286. The number of sulfone groups is 1. The summed E-state index contributed by atoms with van der Waals surface area (Å²) in [5.41, 5.74) is 1.49. The predicted molar refractivity (Wildman–Crippen MR) is 90.0 cm³/mol. The summed E-state index contributed by atoms with van der Waals surface area (Å²) in [5, 5.41) is 3.19. The van der Waals surface area contributed by atoms with Gasteiger partial charge in [-0.25, -0.2) is 17.8 Å². The predicted octanol–water partition coefficient (Wildman–Crippen LogP) is 2.62. The highest BCUT2D eigenvalue weighted by atomic mass is 32.2. The summed E-state index contributed by atoms with van der Waals surface area (Å²) in [7, 11) is -3.20. The van der Waals surface area contributed by atoms with Crippen molar-refractivity contribution in [2.45, 2.75) is 11.4 Å². The van der Waals surface area contributed by atoms with Gasteiger partial charge in [0.1, 0.15) is 5.82 Å². The maximum Gasteiger partial charge on any atom is 0.175 e. The van der Waals surface area contributed by atoms with E-state index in [1.54, 1.807) is 42.9 Å². The van der Waals surface area contributed by atoms with E-state index >= 15 is 0 Å². The van der Waals surface area contributed by atoms with Gasteiger partial charge in [-0.3, -0.25) is 4.98 Å². The molecule has 0 aliphatic heterocycles. The van der Waals surface area contributed by atoms with Crippen LogP contribution in [0, 0.1) is 0 Å². The van der Waals surface area contributed by atoms with Crippen molar-refractivity contribution >= 4 is 27.2 Å². The summed E-state index contributed by atoms with van der Waals surface area (Å²) in [4.78, 5) is 10.1. The van der Waals surface area contributed by atoms with E-state index in [1.165, 1.54) is 17.8 Å². The molecule has 3 rings (SSSR count). The number of hydrogen-bond acceptors (Lipinski definition) is 7. The van der Waals surface area contributed by atoms with Crippen molar-refractivity contribution in [2.75, 3.05) is 11.6 Å². The third-order valence-corrected chi connectivity index (χ3v) is 5.02. The van der Waals surface area contributed by atoms with Gasteiger partial charge in [0.15, 0.2) is 9.84 Å². The lowest BCUT2D eigenvalue weighted by molar-refractivity contribution is 0.602. The van der Waals surface area contributed by atoms with Crippen LogP contribution in [0.2, 0.25) is 0 Å². The van der Waals surface area contributed by atoms with Gasteiger partial charge in [0.25, 0.3) is 0 Å². The standard InChI is InChI=1S/C15H14N4O2S2/c1-23(20,21)13-4-2-11(3-5-13)14-9-16-10-15(19-14)17-8-12-6-7-18-22-12/h2-7,9-10H,8H2,1H3,(H,17,19). The maximum atomic E-state index is 11.5. The normalized spacial score (nSPS) is 11.3. The molecule has 0 bridgehead atoms. The number of hydrogen-bond donors (Lipinski definition) is 1. The van der Waals surface area contributed by atoms with Crippen LogP contribution in [0.1, 0.15) is 4.88 Å². The van der Waals surface area contributed by atoms with Crippen molar-refractivity contribution < 1.29 is 8.42 Å². The van der Waals surface area contributed by atoms with Crippen LogP contribution in [-0.4, -0.2) is 29.0 Å². The Kier molecular flexibility index (Phi) is 4.35. The summed E-state index contributed by atoms with van der Waals surface area (Å²) in [6, 6.07) is 8.55. The lowest BCUT2D eigenvalue weighted by atomic mass is 10.2. The lowest BCUT2D eigenvalue weighted by Crippen LogP contribution is -2.01. The Morgan fingerprint density at radius 3 is 2.57 bits per heavy atom. The highest BCUT2D eigenvalue weighted by molar-refractivity contribution is 7.90. The Balaban J connectivity index is 1.79. The summed E-state index contributed by atoms with van der Waals surface area (Å²) < 4.78 is 27.0. The fourth-order valence-electron chi connectivity index (χ4n) is 1.97. The van der Waals surface area contributed by atoms with E-state index in [4.69, 9.17) is 0 Å². The Hall–Kier alpha value is -2.32. The Morgan fingerprint density at radius 1 is 1.13 bits per heavy atom. The average molecular weight is 346 g/mol. The summed E-state index contributed by atoms with van der Waals surface area (Å²) in [6.07, 6.45) is 6.24. The second kappa shape index (κ2) is 6.43. The van der Waals surface area contributed by atoms with Crippen LogP contribution < -0.4 is 5.32 Å². The molecule has 0 saturated carbocycles. The summed E-state index contributed by atoms with van der Waals surface area (Å²) in [6.45, 7) is 0.635. The zero-order valence-corrected chi connectivity index (χ0v) is 13.9. The minimum atomic E-state index is -3.20. The van der Waals surface area contributed by atoms with Gasteiger partial charge < -0.3 is 5.32 Å². The van der Waals surface area contributed by atoms with Gasteiger partial charge in [-0.1, -0.05) is 12.1 Å². The number of benzene rings is 1. The fraction of sp³-hybridized carbons (Fsp3) is 0.133. The monoisotopic (exact) mass is 346 g/mol. The average Bonchev–Trinajstić information content (AvgIpc) is 3.06. The molecule has 6 nitrogen and oxygen atoms in total. The molecule has 118 valence electrons. The molecule has 2 aromatic heterocycles. The van der Waals surface area contributed by atoms with E-state index in [1.807, 2.05) is 6.07 Å². The molecule has 0 unspecified atom stereocenters. The minimum Gasteiger partial charge on any atom is -0.364 e. The SMILES string of the molecule is CS(=O)(=O)c1ccc(-c2cncc(NCc3ccns3)n2)cc1. The third kappa shape index (κ3) is 3.91. The first kappa shape index (κ1) is 15.6. The number of nitrogens with zero attached hydrogens (tertiary/aromatic N) is 3. The molecule has 3 aromatic rings. The van der Waals surface area contributed by atoms with Gasteiger partial charge in [0.2, 0.25) is 0 Å². The number of rotatable bonds is 5. The number of aromatic nitrogens is 3. The van der Waals surface area contributed by atoms with Gasteiger partial charge in [0, 0.05) is 22.9 Å². The van der Waals surface area contributed by atoms with Crippen LogP contribution in [-0.2, 0) is 16.4 Å². The molecule has 0 aliphatic carbocycles. The van der Waals surface area contributed by atoms with E-state index in [-0.39, 0.29) is 4.90 Å². The topological polar surface area (TPSA) is 84.8 Å². The van der Waals surface area contributed by atoms with Crippen molar-refractivity contribution in [1.82, 2.24) is 14.3 Å². The smallest absolute Gasteiger partial charge is 0.175 e. The van der Waals surface area contributed by atoms with Crippen LogP contribution in [0.15, 0.2) is 53.8 Å². The quantitative estimate of drug-likeness (QED) is 0.764. The lowest BCUT2D eigenvalue weighted by Gasteiger charge is -2.06. The molecule has 2 heterocycles.